The van der Waals surface area contributed by atoms with Crippen molar-refractivity contribution in [2.24, 2.45) is 0 Å². The van der Waals surface area contributed by atoms with Crippen LogP contribution in [0.15, 0.2) is 60.0 Å². The molecule has 0 spiro atoms. The van der Waals surface area contributed by atoms with E-state index in [1.807, 2.05) is 22.8 Å². The van der Waals surface area contributed by atoms with Crippen molar-refractivity contribution >= 4 is 29.6 Å². The largest absolute Gasteiger partial charge is 0.344 e. The summed E-state index contributed by atoms with van der Waals surface area (Å²) in [6.45, 7) is 1.61. The zero-order valence-corrected chi connectivity index (χ0v) is 18.6. The zero-order valence-electron chi connectivity index (χ0n) is 17.8. The van der Waals surface area contributed by atoms with Gasteiger partial charge in [-0.3, -0.25) is 24.6 Å². The zero-order chi connectivity index (χ0) is 23.0. The maximum absolute atomic E-state index is 12.9. The van der Waals surface area contributed by atoms with Crippen LogP contribution >= 0.6 is 11.8 Å². The minimum Gasteiger partial charge on any atom is -0.318 e. The molecule has 11 heteroatoms. The fourth-order valence-corrected chi connectivity index (χ4v) is 4.52. The summed E-state index contributed by atoms with van der Waals surface area (Å²) in [7, 11) is 0. The number of amides is 4. The fourth-order valence-electron chi connectivity index (χ4n) is 3.72. The van der Waals surface area contributed by atoms with E-state index < -0.39 is 23.4 Å². The number of imide groups is 1. The van der Waals surface area contributed by atoms with Gasteiger partial charge in [-0.1, -0.05) is 42.1 Å². The molecule has 0 bridgehead atoms. The summed E-state index contributed by atoms with van der Waals surface area (Å²) in [6, 6.07) is 12.3. The summed E-state index contributed by atoms with van der Waals surface area (Å²) in [6.07, 6.45) is 5.46. The summed E-state index contributed by atoms with van der Waals surface area (Å²) in [5.41, 5.74) is 2.66. The second kappa shape index (κ2) is 8.32. The van der Waals surface area contributed by atoms with E-state index >= 15 is 0 Å². The second-order valence-electron chi connectivity index (χ2n) is 8.03. The lowest BCUT2D eigenvalue weighted by atomic mass is 9.92. The summed E-state index contributed by atoms with van der Waals surface area (Å²) in [4.78, 5) is 42.1. The number of carbonyl (C=O) groups excluding carboxylic acids is 3. The van der Waals surface area contributed by atoms with Crippen LogP contribution in [0.5, 0.6) is 0 Å². The number of nitrogens with zero attached hydrogens (tertiary/aromatic N) is 5. The van der Waals surface area contributed by atoms with E-state index in [2.05, 4.69) is 25.9 Å². The monoisotopic (exact) mass is 463 g/mol. The number of rotatable bonds is 7. The summed E-state index contributed by atoms with van der Waals surface area (Å²) in [5.74, 6) is -0.357. The van der Waals surface area contributed by atoms with Gasteiger partial charge in [-0.15, -0.1) is 10.2 Å². The van der Waals surface area contributed by atoms with Crippen LogP contribution in [0.3, 0.4) is 0 Å². The number of hydrogen-bond acceptors (Lipinski definition) is 7. The van der Waals surface area contributed by atoms with Gasteiger partial charge in [0.2, 0.25) is 5.91 Å². The molecule has 1 saturated heterocycles. The fraction of sp³-hybridized carbons (Fsp3) is 0.273. The minimum absolute atomic E-state index is 0.0307. The van der Waals surface area contributed by atoms with Crippen LogP contribution < -0.4 is 10.7 Å². The number of aromatic nitrogens is 4. The van der Waals surface area contributed by atoms with Gasteiger partial charge < -0.3 is 5.32 Å². The molecule has 1 aromatic carbocycles. The van der Waals surface area contributed by atoms with Gasteiger partial charge in [0.15, 0.2) is 11.0 Å². The van der Waals surface area contributed by atoms with E-state index in [0.29, 0.717) is 22.6 Å². The van der Waals surface area contributed by atoms with Crippen molar-refractivity contribution < 1.29 is 14.4 Å². The molecule has 33 heavy (non-hydrogen) atoms. The molecule has 3 heterocycles. The van der Waals surface area contributed by atoms with Gasteiger partial charge in [0.25, 0.3) is 5.91 Å². The van der Waals surface area contributed by atoms with Gasteiger partial charge in [-0.05, 0) is 37.5 Å². The van der Waals surface area contributed by atoms with Crippen LogP contribution in [0.1, 0.15) is 31.4 Å². The number of carbonyl (C=O) groups is 3. The average molecular weight is 464 g/mol. The first kappa shape index (κ1) is 21.1. The van der Waals surface area contributed by atoms with Crippen LogP contribution in [0.25, 0.3) is 11.4 Å². The second-order valence-corrected chi connectivity index (χ2v) is 8.98. The predicted molar refractivity (Wildman–Crippen MR) is 120 cm³/mol. The van der Waals surface area contributed by atoms with Crippen LogP contribution in [0, 0.1) is 0 Å². The van der Waals surface area contributed by atoms with Crippen molar-refractivity contribution in [1.29, 1.82) is 0 Å². The molecule has 5 rings (SSSR count). The molecule has 3 aromatic rings. The highest BCUT2D eigenvalue weighted by molar-refractivity contribution is 7.99. The van der Waals surface area contributed by atoms with Gasteiger partial charge in [0, 0.05) is 24.0 Å². The van der Waals surface area contributed by atoms with Gasteiger partial charge >= 0.3 is 6.03 Å². The van der Waals surface area contributed by atoms with E-state index in [1.54, 1.807) is 43.6 Å². The highest BCUT2D eigenvalue weighted by Crippen LogP contribution is 2.41. The van der Waals surface area contributed by atoms with E-state index in [-0.39, 0.29) is 5.75 Å². The summed E-state index contributed by atoms with van der Waals surface area (Å²) < 4.78 is 2.02. The lowest BCUT2D eigenvalue weighted by Gasteiger charge is -2.22. The Morgan fingerprint density at radius 1 is 1.18 bits per heavy atom. The van der Waals surface area contributed by atoms with Gasteiger partial charge in [0.1, 0.15) is 5.54 Å². The molecular weight excluding hydrogens is 442 g/mol. The van der Waals surface area contributed by atoms with E-state index in [9.17, 15) is 14.4 Å². The Hall–Kier alpha value is -3.73. The van der Waals surface area contributed by atoms with Gasteiger partial charge in [-0.2, -0.15) is 5.01 Å². The van der Waals surface area contributed by atoms with E-state index in [1.165, 1.54) is 11.8 Å². The number of urea groups is 1. The number of hydrogen-bond donors (Lipinski definition) is 2. The number of thioether (sulfide) groups is 1. The Morgan fingerprint density at radius 3 is 2.67 bits per heavy atom. The molecular formula is C22H21N7O3S. The summed E-state index contributed by atoms with van der Waals surface area (Å²) in [5, 5.41) is 12.6. The summed E-state index contributed by atoms with van der Waals surface area (Å²) >= 11 is 1.21. The molecule has 168 valence electrons. The molecule has 2 N–H and O–H groups in total. The molecule has 1 atom stereocenters. The van der Waals surface area contributed by atoms with Crippen LogP contribution in [0.4, 0.5) is 4.79 Å². The highest BCUT2D eigenvalue weighted by Gasteiger charge is 2.50. The number of benzene rings is 1. The lowest BCUT2D eigenvalue weighted by molar-refractivity contribution is -0.138. The Balaban J connectivity index is 1.27. The third kappa shape index (κ3) is 3.95. The predicted octanol–water partition coefficient (Wildman–Crippen LogP) is 2.27. The Bertz CT molecular complexity index is 1210. The first-order valence-corrected chi connectivity index (χ1v) is 11.5. The number of nitrogens with one attached hydrogen (secondary N) is 2. The smallest absolute Gasteiger partial charge is 0.318 e. The Morgan fingerprint density at radius 2 is 1.97 bits per heavy atom. The maximum Gasteiger partial charge on any atom is 0.344 e. The molecule has 1 saturated carbocycles. The van der Waals surface area contributed by atoms with Crippen LogP contribution in [0.2, 0.25) is 0 Å². The molecule has 10 nitrogen and oxygen atoms in total. The highest BCUT2D eigenvalue weighted by atomic mass is 32.2. The van der Waals surface area contributed by atoms with E-state index in [4.69, 9.17) is 0 Å². The SMILES string of the molecule is CC1(c2ccccc2)NC(=O)N(NC(=O)CSc2nnc(-c3cccnc3)n2C2CC2)C1=O. The molecule has 4 amide bonds. The van der Waals surface area contributed by atoms with Crippen LogP contribution in [-0.2, 0) is 15.1 Å². The third-order valence-electron chi connectivity index (χ3n) is 5.61. The number of hydrazine groups is 1. The van der Waals surface area contributed by atoms with E-state index in [0.717, 1.165) is 23.4 Å². The first-order chi connectivity index (χ1) is 16.0. The lowest BCUT2D eigenvalue weighted by Crippen LogP contribution is -2.48. The van der Waals surface area contributed by atoms with Gasteiger partial charge in [-0.25, -0.2) is 4.79 Å². The molecule has 2 fully saturated rings. The topological polar surface area (TPSA) is 122 Å². The first-order valence-electron chi connectivity index (χ1n) is 10.5. The molecule has 1 aliphatic carbocycles. The molecule has 1 aliphatic heterocycles. The normalized spacial score (nSPS) is 20.1. The van der Waals surface area contributed by atoms with Crippen molar-refractivity contribution in [3.63, 3.8) is 0 Å². The quantitative estimate of drug-likeness (QED) is 0.407. The molecule has 0 radical (unpaired) electrons. The molecule has 1 unspecified atom stereocenters. The molecule has 2 aliphatic rings. The van der Waals surface area contributed by atoms with Crippen molar-refractivity contribution in [2.75, 3.05) is 5.75 Å². The Labute approximate surface area is 193 Å². The van der Waals surface area contributed by atoms with Crippen molar-refractivity contribution in [3.05, 3.63) is 60.4 Å². The van der Waals surface area contributed by atoms with Crippen molar-refractivity contribution in [1.82, 2.24) is 35.5 Å². The van der Waals surface area contributed by atoms with Crippen molar-refractivity contribution in [2.45, 2.75) is 36.5 Å². The molecule has 2 aromatic heterocycles. The maximum atomic E-state index is 12.9. The minimum atomic E-state index is -1.25. The van der Waals surface area contributed by atoms with Gasteiger partial charge in [0.05, 0.1) is 5.75 Å². The Kier molecular flexibility index (Phi) is 5.33. The van der Waals surface area contributed by atoms with Crippen molar-refractivity contribution in [3.8, 4) is 11.4 Å². The number of pyridine rings is 1. The van der Waals surface area contributed by atoms with Crippen LogP contribution in [-0.4, -0.2) is 48.4 Å². The third-order valence-corrected chi connectivity index (χ3v) is 6.55. The standard InChI is InChI=1S/C22H21N7O3S/c1-22(15-7-3-2-4-8-15)19(31)29(20(32)24-22)27-17(30)13-33-21-26-25-18(28(21)16-9-10-16)14-6-5-11-23-12-14/h2-8,11-12,16H,9-10,13H2,1H3,(H,24,32)(H,27,30). The average Bonchev–Trinajstić information content (AvgIpc) is 3.55.